The molecule has 0 aromatic rings. The highest BCUT2D eigenvalue weighted by atomic mass is 31.2. The zero-order valence-corrected chi connectivity index (χ0v) is 44.6. The molecule has 0 amide bonds. The lowest BCUT2D eigenvalue weighted by Gasteiger charge is -2.24. The number of rotatable bonds is 50. The zero-order chi connectivity index (χ0) is 48.5. The van der Waals surface area contributed by atoms with E-state index in [9.17, 15) is 19.0 Å². The first-order valence-electron chi connectivity index (χ1n) is 27.4. The van der Waals surface area contributed by atoms with Gasteiger partial charge in [0.05, 0.1) is 27.7 Å². The van der Waals surface area contributed by atoms with Gasteiger partial charge >= 0.3 is 19.8 Å². The molecule has 1 unspecified atom stereocenters. The molecular weight excluding hydrogens is 846 g/mol. The summed E-state index contributed by atoms with van der Waals surface area (Å²) in [5.74, 6) is -0.847. The molecule has 0 aliphatic carbocycles. The first kappa shape index (κ1) is 64.0. The third kappa shape index (κ3) is 51.4. The largest absolute Gasteiger partial charge is 0.472 e. The summed E-state index contributed by atoms with van der Waals surface area (Å²) >= 11 is 0. The molecule has 0 fully saturated rings. The number of likely N-dealkylation sites (N-methyl/N-ethyl adjacent to an activating group) is 1. The van der Waals surface area contributed by atoms with Crippen LogP contribution in [0.1, 0.15) is 245 Å². The monoisotopic (exact) mass is 951 g/mol. The van der Waals surface area contributed by atoms with Gasteiger partial charge in [0.15, 0.2) is 6.10 Å². The van der Waals surface area contributed by atoms with Gasteiger partial charge < -0.3 is 18.9 Å². The molecule has 0 aliphatic rings. The van der Waals surface area contributed by atoms with Gasteiger partial charge in [-0.25, -0.2) is 4.57 Å². The number of hydrogen-bond donors (Lipinski definition) is 1. The van der Waals surface area contributed by atoms with E-state index in [0.29, 0.717) is 17.4 Å². The minimum Gasteiger partial charge on any atom is -0.462 e. The van der Waals surface area contributed by atoms with Crippen LogP contribution < -0.4 is 0 Å². The van der Waals surface area contributed by atoms with Crippen LogP contribution in [-0.4, -0.2) is 74.9 Å². The van der Waals surface area contributed by atoms with E-state index in [1.54, 1.807) is 0 Å². The molecule has 0 radical (unpaired) electrons. The Kier molecular flexibility index (Phi) is 46.5. The van der Waals surface area contributed by atoms with Crippen molar-refractivity contribution in [2.24, 2.45) is 0 Å². The van der Waals surface area contributed by atoms with Crippen LogP contribution in [-0.2, 0) is 32.7 Å². The molecule has 0 aliphatic heterocycles. The number of quaternary nitrogens is 1. The van der Waals surface area contributed by atoms with E-state index in [2.05, 4.69) is 62.5 Å². The average Bonchev–Trinajstić information content (AvgIpc) is 3.27. The minimum absolute atomic E-state index is 0.0234. The lowest BCUT2D eigenvalue weighted by atomic mass is 10.0. The number of phosphoric acid groups is 1. The number of unbranched alkanes of at least 4 members (excludes halogenated alkanes) is 28. The molecule has 0 bridgehead atoms. The van der Waals surface area contributed by atoms with Gasteiger partial charge in [-0.15, -0.1) is 0 Å². The highest BCUT2D eigenvalue weighted by Gasteiger charge is 2.27. The molecule has 0 saturated carbocycles. The van der Waals surface area contributed by atoms with Gasteiger partial charge in [-0.05, 0) is 77.0 Å². The van der Waals surface area contributed by atoms with Gasteiger partial charge in [0.1, 0.15) is 19.8 Å². The summed E-state index contributed by atoms with van der Waals surface area (Å²) in [5.41, 5.74) is 0. The number of allylic oxidation sites excluding steroid dienone is 8. The quantitative estimate of drug-likeness (QED) is 0.0211. The Hall–Kier alpha value is -2.03. The molecule has 2 atom stereocenters. The van der Waals surface area contributed by atoms with Gasteiger partial charge in [-0.3, -0.25) is 18.6 Å². The first-order chi connectivity index (χ1) is 32.0. The van der Waals surface area contributed by atoms with Gasteiger partial charge in [0.25, 0.3) is 0 Å². The summed E-state index contributed by atoms with van der Waals surface area (Å²) in [7, 11) is 1.45. The van der Waals surface area contributed by atoms with Gasteiger partial charge in [-0.2, -0.15) is 0 Å². The van der Waals surface area contributed by atoms with Crippen molar-refractivity contribution < 1.29 is 42.1 Å². The standard InChI is InChI=1S/C56H104NO8P/c1-6-8-10-12-14-16-18-20-22-24-26-27-28-29-31-33-35-37-39-41-43-45-47-49-56(59)65-54(53-64-66(60,61)63-51-50-57(3,4)5)52-62-55(58)48-46-44-42-40-38-36-34-32-30-25-23-21-19-17-15-13-11-9-7-2/h15,17,21,23,33,35,41,43,54H,6-14,16,18-20,22,24-32,34,36-40,42,44-53H2,1-5H3/p+1/b17-15+,23-21+,35-33+,43-41+/t54-/m1/s1. The Morgan fingerprint density at radius 1 is 0.470 bits per heavy atom. The first-order valence-corrected chi connectivity index (χ1v) is 28.9. The highest BCUT2D eigenvalue weighted by molar-refractivity contribution is 7.47. The van der Waals surface area contributed by atoms with E-state index in [0.717, 1.165) is 51.4 Å². The molecule has 0 spiro atoms. The third-order valence-corrected chi connectivity index (χ3v) is 12.8. The second-order valence-electron chi connectivity index (χ2n) is 19.6. The fourth-order valence-electron chi connectivity index (χ4n) is 7.54. The van der Waals surface area contributed by atoms with Crippen LogP contribution in [0.3, 0.4) is 0 Å². The number of hydrogen-bond acceptors (Lipinski definition) is 7. The second kappa shape index (κ2) is 48.0. The molecule has 9 nitrogen and oxygen atoms in total. The summed E-state index contributed by atoms with van der Waals surface area (Å²) in [5, 5.41) is 0. The molecular formula is C56H105NO8P+. The Morgan fingerprint density at radius 2 is 0.848 bits per heavy atom. The normalized spacial score (nSPS) is 13.7. The number of phosphoric ester groups is 1. The van der Waals surface area contributed by atoms with Crippen LogP contribution in [0.2, 0.25) is 0 Å². The maximum absolute atomic E-state index is 12.8. The molecule has 0 saturated heterocycles. The number of nitrogens with zero attached hydrogens (tertiary/aromatic N) is 1. The van der Waals surface area contributed by atoms with Crippen molar-refractivity contribution in [3.63, 3.8) is 0 Å². The number of carbonyl (C=O) groups is 2. The topological polar surface area (TPSA) is 108 Å². The summed E-state index contributed by atoms with van der Waals surface area (Å²) in [6.45, 7) is 4.38. The molecule has 1 N–H and O–H groups in total. The Bertz CT molecular complexity index is 1260. The number of ether oxygens (including phenoxy) is 2. The average molecular weight is 951 g/mol. The van der Waals surface area contributed by atoms with Gasteiger partial charge in [0, 0.05) is 12.8 Å². The van der Waals surface area contributed by atoms with Crippen LogP contribution in [0.25, 0.3) is 0 Å². The predicted molar refractivity (Wildman–Crippen MR) is 280 cm³/mol. The van der Waals surface area contributed by atoms with Gasteiger partial charge in [-0.1, -0.05) is 204 Å². The smallest absolute Gasteiger partial charge is 0.462 e. The molecule has 66 heavy (non-hydrogen) atoms. The van der Waals surface area contributed by atoms with Crippen molar-refractivity contribution in [2.75, 3.05) is 47.5 Å². The lowest BCUT2D eigenvalue weighted by molar-refractivity contribution is -0.870. The van der Waals surface area contributed by atoms with E-state index in [1.165, 1.54) is 161 Å². The maximum atomic E-state index is 12.8. The van der Waals surface area contributed by atoms with E-state index < -0.39 is 26.5 Å². The van der Waals surface area contributed by atoms with Crippen molar-refractivity contribution in [1.82, 2.24) is 0 Å². The Balaban J connectivity index is 4.26. The molecule has 0 aromatic heterocycles. The Morgan fingerprint density at radius 3 is 1.33 bits per heavy atom. The Labute approximate surface area is 407 Å². The number of carbonyl (C=O) groups excluding carboxylic acids is 2. The van der Waals surface area contributed by atoms with Crippen LogP contribution in [0.4, 0.5) is 0 Å². The maximum Gasteiger partial charge on any atom is 0.472 e. The second-order valence-corrected chi connectivity index (χ2v) is 21.1. The summed E-state index contributed by atoms with van der Waals surface area (Å²) in [6, 6.07) is 0. The van der Waals surface area contributed by atoms with Crippen molar-refractivity contribution >= 4 is 19.8 Å². The summed E-state index contributed by atoms with van der Waals surface area (Å²) < 4.78 is 34.4. The number of esters is 2. The molecule has 0 aromatic carbocycles. The zero-order valence-electron chi connectivity index (χ0n) is 43.7. The minimum atomic E-state index is -4.39. The molecule has 10 heteroatoms. The highest BCUT2D eigenvalue weighted by Crippen LogP contribution is 2.43. The lowest BCUT2D eigenvalue weighted by Crippen LogP contribution is -2.37. The van der Waals surface area contributed by atoms with Crippen LogP contribution in [0.15, 0.2) is 48.6 Å². The van der Waals surface area contributed by atoms with Crippen molar-refractivity contribution in [3.05, 3.63) is 48.6 Å². The molecule has 0 rings (SSSR count). The van der Waals surface area contributed by atoms with Crippen molar-refractivity contribution in [2.45, 2.75) is 251 Å². The van der Waals surface area contributed by atoms with E-state index in [4.69, 9.17) is 18.5 Å². The molecule has 386 valence electrons. The third-order valence-electron chi connectivity index (χ3n) is 11.8. The predicted octanol–water partition coefficient (Wildman–Crippen LogP) is 16.6. The van der Waals surface area contributed by atoms with Gasteiger partial charge in [0.2, 0.25) is 0 Å². The fourth-order valence-corrected chi connectivity index (χ4v) is 8.28. The van der Waals surface area contributed by atoms with Crippen molar-refractivity contribution in [3.8, 4) is 0 Å². The fraction of sp³-hybridized carbons (Fsp3) is 0.821. The van der Waals surface area contributed by atoms with Crippen LogP contribution in [0, 0.1) is 0 Å². The van der Waals surface area contributed by atoms with Crippen LogP contribution in [0.5, 0.6) is 0 Å². The SMILES string of the molecule is CCCCC/C=C/C/C=C/CCCCCCCCCCCC(=O)OC[C@H](COP(=O)(O)OCC[N+](C)(C)C)OC(=O)CCC/C=C/CC/C=C/CCCCCCCCCCCCCCCC. The van der Waals surface area contributed by atoms with Crippen LogP contribution >= 0.6 is 7.82 Å². The van der Waals surface area contributed by atoms with E-state index >= 15 is 0 Å². The van der Waals surface area contributed by atoms with E-state index in [-0.39, 0.29) is 32.0 Å². The molecule has 0 heterocycles. The summed E-state index contributed by atoms with van der Waals surface area (Å²) in [4.78, 5) is 35.6. The van der Waals surface area contributed by atoms with E-state index in [1.807, 2.05) is 21.1 Å². The van der Waals surface area contributed by atoms with Crippen molar-refractivity contribution in [1.29, 1.82) is 0 Å². The summed E-state index contributed by atoms with van der Waals surface area (Å²) in [6.07, 6.45) is 59.0.